The highest BCUT2D eigenvalue weighted by atomic mass is 32.2. The fraction of sp³-hybridized carbons (Fsp3) is 0.412. The van der Waals surface area contributed by atoms with Crippen molar-refractivity contribution in [2.45, 2.75) is 43.5 Å². The van der Waals surface area contributed by atoms with Crippen LogP contribution in [0.3, 0.4) is 0 Å². The zero-order valence-corrected chi connectivity index (χ0v) is 17.7. The van der Waals surface area contributed by atoms with E-state index in [1.54, 1.807) is 18.5 Å². The molecule has 0 radical (unpaired) electrons. The number of anilines is 1. The van der Waals surface area contributed by atoms with Gasteiger partial charge >= 0.3 is 0 Å². The zero-order valence-electron chi connectivity index (χ0n) is 16.1. The molecule has 0 aliphatic heterocycles. The third-order valence-corrected chi connectivity index (χ3v) is 7.32. The summed E-state index contributed by atoms with van der Waals surface area (Å²) in [7, 11) is -1.64. The number of thiazole rings is 1. The standard InChI is InChI=1S/C17H24N6O3S2/c1-5-10-6-7-11-9-23(4)21-14(11)13(10)20-15(24)22-28(18,26)16-19-8-12(27-16)17(2,3)25/h6-9,15,20,24-25H,5H2,1-4H3,(H2,18,22,26). The van der Waals surface area contributed by atoms with Crippen LogP contribution in [0.5, 0.6) is 0 Å². The van der Waals surface area contributed by atoms with Crippen LogP contribution in [0.25, 0.3) is 10.9 Å². The molecule has 0 aliphatic carbocycles. The molecule has 0 amide bonds. The zero-order chi connectivity index (χ0) is 20.7. The van der Waals surface area contributed by atoms with Crippen LogP contribution in [0, 0.1) is 0 Å². The molecule has 3 aromatic rings. The van der Waals surface area contributed by atoms with Crippen LogP contribution in [-0.4, -0.2) is 35.5 Å². The molecule has 152 valence electrons. The second-order valence-electron chi connectivity index (χ2n) is 6.94. The number of hydrogen-bond donors (Lipinski definition) is 4. The van der Waals surface area contributed by atoms with Gasteiger partial charge in [-0.2, -0.15) is 9.46 Å². The van der Waals surface area contributed by atoms with E-state index in [0.717, 1.165) is 22.3 Å². The summed E-state index contributed by atoms with van der Waals surface area (Å²) >= 11 is 0.999. The summed E-state index contributed by atoms with van der Waals surface area (Å²) in [5.41, 5.74) is 1.09. The highest BCUT2D eigenvalue weighted by molar-refractivity contribution is 7.93. The van der Waals surface area contributed by atoms with Crippen molar-refractivity contribution in [2.75, 3.05) is 5.32 Å². The molecule has 11 heteroatoms. The number of nitrogens with zero attached hydrogens (tertiary/aromatic N) is 4. The highest BCUT2D eigenvalue weighted by Gasteiger charge is 2.23. The minimum absolute atomic E-state index is 0.0391. The number of aliphatic hydroxyl groups excluding tert-OH is 1. The molecule has 0 saturated carbocycles. The maximum Gasteiger partial charge on any atom is 0.233 e. The average molecular weight is 425 g/mol. The minimum atomic E-state index is -3.45. The molecule has 0 spiro atoms. The quantitative estimate of drug-likeness (QED) is 0.446. The number of nitrogens with two attached hydrogens (primary N) is 1. The van der Waals surface area contributed by atoms with Crippen LogP contribution < -0.4 is 10.5 Å². The Kier molecular flexibility index (Phi) is 5.47. The first-order chi connectivity index (χ1) is 13.0. The van der Waals surface area contributed by atoms with Crippen molar-refractivity contribution in [3.63, 3.8) is 0 Å². The van der Waals surface area contributed by atoms with E-state index in [4.69, 9.17) is 5.14 Å². The maximum absolute atomic E-state index is 12.8. The van der Waals surface area contributed by atoms with Crippen molar-refractivity contribution >= 4 is 37.8 Å². The molecule has 0 aliphatic rings. The van der Waals surface area contributed by atoms with Crippen LogP contribution in [-0.2, 0) is 29.0 Å². The molecule has 2 unspecified atom stereocenters. The third-order valence-electron chi connectivity index (χ3n) is 4.13. The summed E-state index contributed by atoms with van der Waals surface area (Å²) in [6.07, 6.45) is 2.46. The summed E-state index contributed by atoms with van der Waals surface area (Å²) in [5.74, 6) is 0. The van der Waals surface area contributed by atoms with E-state index in [9.17, 15) is 14.4 Å². The van der Waals surface area contributed by atoms with Crippen molar-refractivity contribution in [3.05, 3.63) is 35.0 Å². The number of fused-ring (bicyclic) bond motifs is 1. The summed E-state index contributed by atoms with van der Waals surface area (Å²) in [5, 5.41) is 34.5. The molecule has 5 N–H and O–H groups in total. The van der Waals surface area contributed by atoms with Gasteiger partial charge in [0.2, 0.25) is 10.7 Å². The summed E-state index contributed by atoms with van der Waals surface area (Å²) in [6, 6.07) is 3.89. The Bertz CT molecular complexity index is 1120. The van der Waals surface area contributed by atoms with Gasteiger partial charge in [0.25, 0.3) is 0 Å². The largest absolute Gasteiger partial charge is 0.385 e. The number of aryl methyl sites for hydroxylation is 2. The smallest absolute Gasteiger partial charge is 0.233 e. The van der Waals surface area contributed by atoms with E-state index < -0.39 is 21.9 Å². The molecule has 0 bridgehead atoms. The van der Waals surface area contributed by atoms with Crippen LogP contribution in [0.1, 0.15) is 31.2 Å². The summed E-state index contributed by atoms with van der Waals surface area (Å²) < 4.78 is 18.4. The van der Waals surface area contributed by atoms with Crippen LogP contribution in [0.2, 0.25) is 0 Å². The van der Waals surface area contributed by atoms with Gasteiger partial charge in [-0.25, -0.2) is 14.3 Å². The Morgan fingerprint density at radius 1 is 1.46 bits per heavy atom. The first-order valence-corrected chi connectivity index (χ1v) is 11.0. The predicted octanol–water partition coefficient (Wildman–Crippen LogP) is 1.91. The molecular formula is C17H24N6O3S2. The van der Waals surface area contributed by atoms with E-state index in [2.05, 4.69) is 19.8 Å². The third kappa shape index (κ3) is 4.18. The average Bonchev–Trinajstić information content (AvgIpc) is 3.20. The Labute approximate surface area is 167 Å². The Hall–Kier alpha value is -2.05. The first-order valence-electron chi connectivity index (χ1n) is 8.64. The molecule has 2 aromatic heterocycles. The molecular weight excluding hydrogens is 400 g/mol. The number of aromatic nitrogens is 3. The van der Waals surface area contributed by atoms with Gasteiger partial charge in [0.15, 0.2) is 9.92 Å². The Balaban J connectivity index is 1.95. The van der Waals surface area contributed by atoms with Gasteiger partial charge in [0.1, 0.15) is 5.52 Å². The van der Waals surface area contributed by atoms with Gasteiger partial charge in [-0.1, -0.05) is 19.1 Å². The molecule has 0 fully saturated rings. The molecule has 9 nitrogen and oxygen atoms in total. The van der Waals surface area contributed by atoms with Crippen LogP contribution in [0.4, 0.5) is 5.69 Å². The van der Waals surface area contributed by atoms with Crippen molar-refractivity contribution in [1.82, 2.24) is 14.8 Å². The van der Waals surface area contributed by atoms with E-state index in [-0.39, 0.29) is 4.34 Å². The van der Waals surface area contributed by atoms with E-state index in [1.165, 1.54) is 6.20 Å². The number of benzene rings is 1. The van der Waals surface area contributed by atoms with Crippen LogP contribution in [0.15, 0.2) is 33.2 Å². The Morgan fingerprint density at radius 2 is 2.18 bits per heavy atom. The van der Waals surface area contributed by atoms with E-state index in [0.29, 0.717) is 22.5 Å². The lowest BCUT2D eigenvalue weighted by molar-refractivity contribution is 0.0823. The topological polar surface area (TPSA) is 139 Å². The van der Waals surface area contributed by atoms with Gasteiger partial charge in [-0.3, -0.25) is 4.68 Å². The van der Waals surface area contributed by atoms with Gasteiger partial charge in [0.05, 0.1) is 16.2 Å². The first kappa shape index (κ1) is 20.7. The van der Waals surface area contributed by atoms with Crippen molar-refractivity contribution in [1.29, 1.82) is 0 Å². The molecule has 2 heterocycles. The lowest BCUT2D eigenvalue weighted by Gasteiger charge is -2.15. The molecule has 2 atom stereocenters. The monoisotopic (exact) mass is 424 g/mol. The molecule has 3 rings (SSSR count). The molecule has 0 saturated heterocycles. The van der Waals surface area contributed by atoms with Gasteiger partial charge in [0, 0.05) is 24.8 Å². The number of rotatable bonds is 6. The lowest BCUT2D eigenvalue weighted by Crippen LogP contribution is -2.23. The van der Waals surface area contributed by atoms with Gasteiger partial charge in [-0.15, -0.1) is 11.3 Å². The fourth-order valence-electron chi connectivity index (χ4n) is 2.73. The van der Waals surface area contributed by atoms with Crippen molar-refractivity contribution in [3.8, 4) is 0 Å². The Morgan fingerprint density at radius 3 is 2.79 bits per heavy atom. The molecule has 1 aromatic carbocycles. The second kappa shape index (κ2) is 7.41. The lowest BCUT2D eigenvalue weighted by atomic mass is 10.1. The summed E-state index contributed by atoms with van der Waals surface area (Å²) in [4.78, 5) is 4.52. The van der Waals surface area contributed by atoms with Gasteiger partial charge < -0.3 is 15.5 Å². The second-order valence-corrected chi connectivity index (χ2v) is 9.96. The highest BCUT2D eigenvalue weighted by Crippen LogP contribution is 2.29. The predicted molar refractivity (Wildman–Crippen MR) is 110 cm³/mol. The number of hydrogen-bond acceptors (Lipinski definition) is 8. The van der Waals surface area contributed by atoms with Crippen LogP contribution >= 0.6 is 11.3 Å². The summed E-state index contributed by atoms with van der Waals surface area (Å²) in [6.45, 7) is 5.17. The normalized spacial score (nSPS) is 15.4. The molecule has 28 heavy (non-hydrogen) atoms. The van der Waals surface area contributed by atoms with E-state index in [1.807, 2.05) is 32.3 Å². The fourth-order valence-corrected chi connectivity index (χ4v) is 4.90. The van der Waals surface area contributed by atoms with Gasteiger partial charge in [-0.05, 0) is 25.8 Å². The van der Waals surface area contributed by atoms with E-state index >= 15 is 0 Å². The van der Waals surface area contributed by atoms with Crippen molar-refractivity contribution in [2.24, 2.45) is 16.5 Å². The maximum atomic E-state index is 12.8. The number of nitrogens with one attached hydrogen (secondary N) is 1. The SMILES string of the molecule is CCc1ccc2cn(C)nc2c1NC(O)N=S(N)(=O)c1ncc(C(C)(C)O)s1. The number of aliphatic hydroxyl groups is 2. The minimum Gasteiger partial charge on any atom is -0.385 e. The van der Waals surface area contributed by atoms with Crippen molar-refractivity contribution < 1.29 is 14.4 Å².